The Morgan fingerprint density at radius 3 is 2.80 bits per heavy atom. The summed E-state index contributed by atoms with van der Waals surface area (Å²) in [6.07, 6.45) is 7.15. The maximum Gasteiger partial charge on any atom is 0.246 e. The molecule has 0 saturated carbocycles. The Morgan fingerprint density at radius 1 is 1.24 bits per heavy atom. The molecule has 5 nitrogen and oxygen atoms in total. The van der Waals surface area contributed by atoms with Crippen LogP contribution < -0.4 is 4.74 Å². The van der Waals surface area contributed by atoms with Crippen molar-refractivity contribution in [2.45, 2.75) is 19.9 Å². The van der Waals surface area contributed by atoms with Gasteiger partial charge in [-0.05, 0) is 35.4 Å². The van der Waals surface area contributed by atoms with Gasteiger partial charge in [-0.2, -0.15) is 0 Å². The summed E-state index contributed by atoms with van der Waals surface area (Å²) in [5.74, 6) is 0.560. The molecule has 0 aliphatic heterocycles. The van der Waals surface area contributed by atoms with Crippen LogP contribution in [0.15, 0.2) is 54.9 Å². The fraction of sp³-hybridized carbons (Fsp3) is 0.250. The van der Waals surface area contributed by atoms with Crippen molar-refractivity contribution >= 4 is 17.8 Å². The Hall–Kier alpha value is -2.95. The first-order chi connectivity index (χ1) is 12.1. The van der Waals surface area contributed by atoms with Crippen LogP contribution in [0.4, 0.5) is 0 Å². The first-order valence-corrected chi connectivity index (χ1v) is 8.15. The normalized spacial score (nSPS) is 10.6. The number of pyridine rings is 1. The number of ether oxygens (including phenoxy) is 1. The number of amides is 1. The molecule has 2 aromatic rings. The molecule has 0 saturated heterocycles. The van der Waals surface area contributed by atoms with Gasteiger partial charge in [0.15, 0.2) is 5.78 Å². The maximum absolute atomic E-state index is 12.2. The van der Waals surface area contributed by atoms with E-state index in [9.17, 15) is 9.59 Å². The van der Waals surface area contributed by atoms with Crippen molar-refractivity contribution in [2.24, 2.45) is 0 Å². The van der Waals surface area contributed by atoms with Crippen LogP contribution in [0.3, 0.4) is 0 Å². The lowest BCUT2D eigenvalue weighted by atomic mass is 10.2. The van der Waals surface area contributed by atoms with Gasteiger partial charge in [0.2, 0.25) is 5.91 Å². The van der Waals surface area contributed by atoms with Gasteiger partial charge < -0.3 is 9.64 Å². The van der Waals surface area contributed by atoms with Crippen LogP contribution in [0.5, 0.6) is 5.75 Å². The quantitative estimate of drug-likeness (QED) is 0.694. The van der Waals surface area contributed by atoms with Crippen LogP contribution in [-0.4, -0.2) is 35.2 Å². The van der Waals surface area contributed by atoms with E-state index in [0.717, 1.165) is 11.1 Å². The molecular formula is C20H22N2O3. The minimum atomic E-state index is -0.101. The first-order valence-electron chi connectivity index (χ1n) is 8.15. The molecule has 25 heavy (non-hydrogen) atoms. The molecule has 0 aliphatic carbocycles. The van der Waals surface area contributed by atoms with E-state index in [1.807, 2.05) is 24.3 Å². The molecule has 5 heteroatoms. The number of Topliss-reactive ketones (excluding diaryl/α,β-unsaturated/α-hetero) is 1. The molecule has 0 spiro atoms. The zero-order chi connectivity index (χ0) is 18.1. The van der Waals surface area contributed by atoms with Crippen LogP contribution in [0.1, 0.15) is 24.5 Å². The van der Waals surface area contributed by atoms with E-state index < -0.39 is 0 Å². The number of hydrogen-bond acceptors (Lipinski definition) is 4. The van der Waals surface area contributed by atoms with Gasteiger partial charge in [-0.25, -0.2) is 0 Å². The molecule has 0 N–H and O–H groups in total. The number of ketones is 1. The lowest BCUT2D eigenvalue weighted by molar-refractivity contribution is -0.125. The summed E-state index contributed by atoms with van der Waals surface area (Å²) in [5.41, 5.74) is 1.81. The monoisotopic (exact) mass is 338 g/mol. The van der Waals surface area contributed by atoms with Gasteiger partial charge in [0.25, 0.3) is 0 Å². The second-order valence-corrected chi connectivity index (χ2v) is 5.64. The SMILES string of the molecule is CCC(=O)COc1cccc(/C=C/C(=O)N(C)Cc2cccnc2)c1. The van der Waals surface area contributed by atoms with Crippen LogP contribution in [-0.2, 0) is 16.1 Å². The van der Waals surface area contributed by atoms with Gasteiger partial charge in [0, 0.05) is 38.5 Å². The summed E-state index contributed by atoms with van der Waals surface area (Å²) in [6, 6.07) is 11.1. The van der Waals surface area contributed by atoms with Crippen molar-refractivity contribution in [1.29, 1.82) is 0 Å². The van der Waals surface area contributed by atoms with E-state index in [4.69, 9.17) is 4.74 Å². The maximum atomic E-state index is 12.2. The van der Waals surface area contributed by atoms with Gasteiger partial charge in [-0.15, -0.1) is 0 Å². The van der Waals surface area contributed by atoms with Crippen molar-refractivity contribution in [3.8, 4) is 5.75 Å². The Balaban J connectivity index is 1.93. The van der Waals surface area contributed by atoms with E-state index in [2.05, 4.69) is 4.98 Å². The number of likely N-dealkylation sites (N-methyl/N-ethyl adjacent to an activating group) is 1. The average Bonchev–Trinajstić information content (AvgIpc) is 2.65. The highest BCUT2D eigenvalue weighted by Gasteiger charge is 2.06. The zero-order valence-electron chi connectivity index (χ0n) is 14.5. The van der Waals surface area contributed by atoms with Crippen LogP contribution in [0.25, 0.3) is 6.08 Å². The van der Waals surface area contributed by atoms with Crippen molar-refractivity contribution in [2.75, 3.05) is 13.7 Å². The molecule has 0 fully saturated rings. The van der Waals surface area contributed by atoms with Gasteiger partial charge in [-0.1, -0.05) is 25.1 Å². The fourth-order valence-corrected chi connectivity index (χ4v) is 2.11. The molecule has 1 heterocycles. The number of hydrogen-bond donors (Lipinski definition) is 0. The number of benzene rings is 1. The van der Waals surface area contributed by atoms with E-state index >= 15 is 0 Å². The highest BCUT2D eigenvalue weighted by atomic mass is 16.5. The van der Waals surface area contributed by atoms with Crippen molar-refractivity contribution in [3.05, 3.63) is 66.0 Å². The second-order valence-electron chi connectivity index (χ2n) is 5.64. The Labute approximate surface area is 147 Å². The van der Waals surface area contributed by atoms with Crippen molar-refractivity contribution in [3.63, 3.8) is 0 Å². The lowest BCUT2D eigenvalue weighted by Gasteiger charge is -2.14. The van der Waals surface area contributed by atoms with E-state index in [-0.39, 0.29) is 18.3 Å². The van der Waals surface area contributed by atoms with Crippen LogP contribution >= 0.6 is 0 Å². The summed E-state index contributed by atoms with van der Waals surface area (Å²) in [4.78, 5) is 29.2. The minimum Gasteiger partial charge on any atom is -0.486 e. The minimum absolute atomic E-state index is 0.0492. The third kappa shape index (κ3) is 6.22. The molecule has 130 valence electrons. The standard InChI is InChI=1S/C20H22N2O3/c1-3-18(23)15-25-19-8-4-6-16(12-19)9-10-20(24)22(2)14-17-7-5-11-21-13-17/h4-13H,3,14-15H2,1-2H3/b10-9+. The third-order valence-electron chi connectivity index (χ3n) is 3.59. The number of rotatable bonds is 8. The predicted molar refractivity (Wildman–Crippen MR) is 97.0 cm³/mol. The van der Waals surface area contributed by atoms with Crippen molar-refractivity contribution < 1.29 is 14.3 Å². The molecule has 0 radical (unpaired) electrons. The van der Waals surface area contributed by atoms with E-state index in [1.165, 1.54) is 6.08 Å². The first kappa shape index (κ1) is 18.4. The topological polar surface area (TPSA) is 59.5 Å². The molecule has 2 rings (SSSR count). The highest BCUT2D eigenvalue weighted by Crippen LogP contribution is 2.15. The molecule has 0 atom stereocenters. The molecule has 0 aliphatic rings. The summed E-state index contributed by atoms with van der Waals surface area (Å²) < 4.78 is 5.45. The third-order valence-corrected chi connectivity index (χ3v) is 3.59. The van der Waals surface area contributed by atoms with Gasteiger partial charge >= 0.3 is 0 Å². The zero-order valence-corrected chi connectivity index (χ0v) is 14.5. The predicted octanol–water partition coefficient (Wildman–Crippen LogP) is 3.11. The molecule has 1 aromatic carbocycles. The van der Waals surface area contributed by atoms with Crippen LogP contribution in [0, 0.1) is 0 Å². The molecule has 1 amide bonds. The lowest BCUT2D eigenvalue weighted by Crippen LogP contribution is -2.24. The summed E-state index contributed by atoms with van der Waals surface area (Å²) >= 11 is 0. The van der Waals surface area contributed by atoms with Crippen LogP contribution in [0.2, 0.25) is 0 Å². The number of aromatic nitrogens is 1. The Kier molecular flexibility index (Phi) is 6.89. The Bertz CT molecular complexity index is 742. The molecular weight excluding hydrogens is 316 g/mol. The molecule has 1 aromatic heterocycles. The van der Waals surface area contributed by atoms with E-state index in [1.54, 1.807) is 49.5 Å². The summed E-state index contributed by atoms with van der Waals surface area (Å²) in [6.45, 7) is 2.37. The number of carbonyl (C=O) groups is 2. The Morgan fingerprint density at radius 2 is 2.08 bits per heavy atom. The highest BCUT2D eigenvalue weighted by molar-refractivity contribution is 5.91. The van der Waals surface area contributed by atoms with Crippen molar-refractivity contribution in [1.82, 2.24) is 9.88 Å². The fourth-order valence-electron chi connectivity index (χ4n) is 2.11. The smallest absolute Gasteiger partial charge is 0.246 e. The summed E-state index contributed by atoms with van der Waals surface area (Å²) in [5, 5.41) is 0. The number of nitrogens with zero attached hydrogens (tertiary/aromatic N) is 2. The van der Waals surface area contributed by atoms with E-state index in [0.29, 0.717) is 18.7 Å². The second kappa shape index (κ2) is 9.37. The average molecular weight is 338 g/mol. The van der Waals surface area contributed by atoms with Gasteiger partial charge in [-0.3, -0.25) is 14.6 Å². The van der Waals surface area contributed by atoms with Gasteiger partial charge in [0.05, 0.1) is 0 Å². The molecule has 0 bridgehead atoms. The summed E-state index contributed by atoms with van der Waals surface area (Å²) in [7, 11) is 1.75. The number of carbonyl (C=O) groups excluding carboxylic acids is 2. The van der Waals surface area contributed by atoms with Gasteiger partial charge in [0.1, 0.15) is 12.4 Å². The molecule has 0 unspecified atom stereocenters. The largest absolute Gasteiger partial charge is 0.486 e.